The molecule has 5 nitrogen and oxygen atoms in total. The summed E-state index contributed by atoms with van der Waals surface area (Å²) in [4.78, 5) is 11.5. The third-order valence-corrected chi connectivity index (χ3v) is 3.00. The van der Waals surface area contributed by atoms with Gasteiger partial charge in [-0.2, -0.15) is 0 Å². The molecule has 0 unspecified atom stereocenters. The third-order valence-electron chi connectivity index (χ3n) is 3.00. The van der Waals surface area contributed by atoms with Crippen LogP contribution in [-0.2, 0) is 14.3 Å². The lowest BCUT2D eigenvalue weighted by atomic mass is 10.1. The Morgan fingerprint density at radius 2 is 2.06 bits per heavy atom. The maximum atomic E-state index is 11.5. The van der Waals surface area contributed by atoms with Gasteiger partial charge < -0.3 is 20.1 Å². The quantitative estimate of drug-likeness (QED) is 0.705. The fourth-order valence-electron chi connectivity index (χ4n) is 1.59. The second-order valence-corrected chi connectivity index (χ2v) is 5.00. The van der Waals surface area contributed by atoms with Crippen LogP contribution in [-0.4, -0.2) is 51.0 Å². The van der Waals surface area contributed by atoms with Crippen LogP contribution < -0.4 is 10.6 Å². The Hall–Kier alpha value is -0.650. The summed E-state index contributed by atoms with van der Waals surface area (Å²) in [6.07, 6.45) is 2.19. The van der Waals surface area contributed by atoms with E-state index in [4.69, 9.17) is 9.47 Å². The normalized spacial score (nSPS) is 18.1. The van der Waals surface area contributed by atoms with Crippen LogP contribution in [0.4, 0.5) is 0 Å². The lowest BCUT2D eigenvalue weighted by molar-refractivity contribution is -0.129. The van der Waals surface area contributed by atoms with E-state index in [1.54, 1.807) is 7.11 Å². The average molecular weight is 244 g/mol. The average Bonchev–Trinajstić information content (AvgIpc) is 2.35. The van der Waals surface area contributed by atoms with Crippen LogP contribution in [0.1, 0.15) is 26.7 Å². The minimum atomic E-state index is -0.329. The standard InChI is InChI=1S/C12H24N2O3/c1-12(2,16-3)9-14-11(15)8-17-10-4-6-13-7-5-10/h10,13H,4-9H2,1-3H3,(H,14,15). The van der Waals surface area contributed by atoms with E-state index >= 15 is 0 Å². The van der Waals surface area contributed by atoms with Crippen molar-refractivity contribution in [1.29, 1.82) is 0 Å². The zero-order chi connectivity index (χ0) is 12.7. The first-order valence-corrected chi connectivity index (χ1v) is 6.18. The molecule has 5 heteroatoms. The second kappa shape index (κ2) is 6.93. The third kappa shape index (κ3) is 6.00. The van der Waals surface area contributed by atoms with Crippen molar-refractivity contribution in [2.24, 2.45) is 0 Å². The van der Waals surface area contributed by atoms with Gasteiger partial charge in [0.2, 0.25) is 5.91 Å². The van der Waals surface area contributed by atoms with E-state index in [2.05, 4.69) is 10.6 Å². The Morgan fingerprint density at radius 3 is 2.65 bits per heavy atom. The van der Waals surface area contributed by atoms with E-state index in [1.807, 2.05) is 13.8 Å². The van der Waals surface area contributed by atoms with Gasteiger partial charge in [-0.1, -0.05) is 0 Å². The largest absolute Gasteiger partial charge is 0.377 e. The van der Waals surface area contributed by atoms with Gasteiger partial charge in [-0.3, -0.25) is 4.79 Å². The minimum Gasteiger partial charge on any atom is -0.377 e. The number of nitrogens with one attached hydrogen (secondary N) is 2. The number of carbonyl (C=O) groups is 1. The van der Waals surface area contributed by atoms with Crippen molar-refractivity contribution in [1.82, 2.24) is 10.6 Å². The maximum Gasteiger partial charge on any atom is 0.246 e. The highest BCUT2D eigenvalue weighted by molar-refractivity contribution is 5.77. The van der Waals surface area contributed by atoms with E-state index in [0.29, 0.717) is 6.54 Å². The number of amides is 1. The smallest absolute Gasteiger partial charge is 0.246 e. The van der Waals surface area contributed by atoms with E-state index in [1.165, 1.54) is 0 Å². The summed E-state index contributed by atoms with van der Waals surface area (Å²) in [5.74, 6) is -0.0753. The summed E-state index contributed by atoms with van der Waals surface area (Å²) in [6, 6.07) is 0. The first kappa shape index (κ1) is 14.4. The van der Waals surface area contributed by atoms with Crippen LogP contribution in [0.25, 0.3) is 0 Å². The fourth-order valence-corrected chi connectivity index (χ4v) is 1.59. The molecule has 1 heterocycles. The molecule has 2 N–H and O–H groups in total. The molecule has 0 spiro atoms. The second-order valence-electron chi connectivity index (χ2n) is 5.00. The molecule has 0 aromatic carbocycles. The fraction of sp³-hybridized carbons (Fsp3) is 0.917. The van der Waals surface area contributed by atoms with E-state index in [-0.39, 0.29) is 24.2 Å². The zero-order valence-corrected chi connectivity index (χ0v) is 11.0. The van der Waals surface area contributed by atoms with Gasteiger partial charge in [0.05, 0.1) is 11.7 Å². The van der Waals surface area contributed by atoms with Crippen molar-refractivity contribution in [2.45, 2.75) is 38.4 Å². The van der Waals surface area contributed by atoms with Crippen molar-refractivity contribution >= 4 is 5.91 Å². The van der Waals surface area contributed by atoms with Crippen molar-refractivity contribution in [3.05, 3.63) is 0 Å². The Morgan fingerprint density at radius 1 is 1.41 bits per heavy atom. The molecule has 1 aliphatic heterocycles. The summed E-state index contributed by atoms with van der Waals surface area (Å²) in [6.45, 7) is 6.45. The molecule has 1 amide bonds. The van der Waals surface area contributed by atoms with Crippen molar-refractivity contribution in [3.63, 3.8) is 0 Å². The first-order valence-electron chi connectivity index (χ1n) is 6.18. The highest BCUT2D eigenvalue weighted by Crippen LogP contribution is 2.07. The highest BCUT2D eigenvalue weighted by Gasteiger charge is 2.18. The van der Waals surface area contributed by atoms with Crippen LogP contribution in [0.3, 0.4) is 0 Å². The molecule has 1 fully saturated rings. The molecule has 1 aliphatic rings. The molecule has 0 aromatic rings. The molecule has 0 radical (unpaired) electrons. The number of piperidine rings is 1. The van der Waals surface area contributed by atoms with Crippen LogP contribution in [0.2, 0.25) is 0 Å². The SMILES string of the molecule is COC(C)(C)CNC(=O)COC1CCNCC1. The Balaban J connectivity index is 2.12. The highest BCUT2D eigenvalue weighted by atomic mass is 16.5. The van der Waals surface area contributed by atoms with Crippen molar-refractivity contribution < 1.29 is 14.3 Å². The Kier molecular flexibility index (Phi) is 5.88. The Bertz CT molecular complexity index is 238. The molecular formula is C12H24N2O3. The van der Waals surface area contributed by atoms with Crippen molar-refractivity contribution in [3.8, 4) is 0 Å². The molecule has 0 aliphatic carbocycles. The molecule has 100 valence electrons. The van der Waals surface area contributed by atoms with E-state index in [0.717, 1.165) is 25.9 Å². The van der Waals surface area contributed by atoms with Gasteiger partial charge in [-0.25, -0.2) is 0 Å². The number of carbonyl (C=O) groups excluding carboxylic acids is 1. The van der Waals surface area contributed by atoms with Gasteiger partial charge in [0, 0.05) is 13.7 Å². The summed E-state index contributed by atoms with van der Waals surface area (Å²) in [5.41, 5.74) is -0.329. The summed E-state index contributed by atoms with van der Waals surface area (Å²) < 4.78 is 10.8. The maximum absolute atomic E-state index is 11.5. The van der Waals surface area contributed by atoms with Crippen LogP contribution in [0, 0.1) is 0 Å². The number of hydrogen-bond donors (Lipinski definition) is 2. The molecule has 0 saturated carbocycles. The Labute approximate surface area is 103 Å². The summed E-state index contributed by atoms with van der Waals surface area (Å²) in [7, 11) is 1.64. The summed E-state index contributed by atoms with van der Waals surface area (Å²) >= 11 is 0. The molecule has 0 bridgehead atoms. The van der Waals surface area contributed by atoms with Gasteiger partial charge in [-0.05, 0) is 39.8 Å². The lowest BCUT2D eigenvalue weighted by Crippen LogP contribution is -2.42. The molecule has 1 saturated heterocycles. The monoisotopic (exact) mass is 244 g/mol. The minimum absolute atomic E-state index is 0.0753. The molecule has 0 atom stereocenters. The number of hydrogen-bond acceptors (Lipinski definition) is 4. The van der Waals surface area contributed by atoms with E-state index < -0.39 is 0 Å². The summed E-state index contributed by atoms with van der Waals surface area (Å²) in [5, 5.41) is 6.07. The van der Waals surface area contributed by atoms with Crippen LogP contribution >= 0.6 is 0 Å². The zero-order valence-electron chi connectivity index (χ0n) is 11.0. The molecule has 1 rings (SSSR count). The number of rotatable bonds is 6. The van der Waals surface area contributed by atoms with Crippen LogP contribution in [0.5, 0.6) is 0 Å². The predicted octanol–water partition coefficient (Wildman–Crippen LogP) is 0.296. The lowest BCUT2D eigenvalue weighted by Gasteiger charge is -2.24. The van der Waals surface area contributed by atoms with Gasteiger partial charge in [0.25, 0.3) is 0 Å². The van der Waals surface area contributed by atoms with E-state index in [9.17, 15) is 4.79 Å². The van der Waals surface area contributed by atoms with Gasteiger partial charge >= 0.3 is 0 Å². The number of methoxy groups -OCH3 is 1. The predicted molar refractivity (Wildman–Crippen MR) is 65.9 cm³/mol. The van der Waals surface area contributed by atoms with Gasteiger partial charge in [-0.15, -0.1) is 0 Å². The number of ether oxygens (including phenoxy) is 2. The van der Waals surface area contributed by atoms with Gasteiger partial charge in [0.15, 0.2) is 0 Å². The molecule has 0 aromatic heterocycles. The van der Waals surface area contributed by atoms with Gasteiger partial charge in [0.1, 0.15) is 6.61 Å². The topological polar surface area (TPSA) is 59.6 Å². The first-order chi connectivity index (χ1) is 8.03. The molecular weight excluding hydrogens is 220 g/mol. The van der Waals surface area contributed by atoms with Crippen LogP contribution in [0.15, 0.2) is 0 Å². The molecule has 17 heavy (non-hydrogen) atoms. The van der Waals surface area contributed by atoms with Crippen molar-refractivity contribution in [2.75, 3.05) is 33.4 Å².